The molecule has 2 aromatic rings. The second-order valence-electron chi connectivity index (χ2n) is 5.48. The summed E-state index contributed by atoms with van der Waals surface area (Å²) >= 11 is 3.33. The molecule has 1 amide bonds. The molecule has 0 aliphatic carbocycles. The highest BCUT2D eigenvalue weighted by Gasteiger charge is 2.03. The average molecular weight is 375 g/mol. The van der Waals surface area contributed by atoms with Crippen LogP contribution >= 0.6 is 15.9 Å². The van der Waals surface area contributed by atoms with E-state index in [4.69, 9.17) is 4.74 Å². The van der Waals surface area contributed by atoms with Crippen molar-refractivity contribution in [2.45, 2.75) is 13.8 Å². The monoisotopic (exact) mass is 374 g/mol. The molecule has 120 valence electrons. The van der Waals surface area contributed by atoms with Crippen molar-refractivity contribution in [1.29, 1.82) is 0 Å². The minimum absolute atomic E-state index is 0.245. The highest BCUT2D eigenvalue weighted by Crippen LogP contribution is 2.12. The van der Waals surface area contributed by atoms with Gasteiger partial charge in [-0.15, -0.1) is 0 Å². The molecule has 0 radical (unpaired) electrons. The van der Waals surface area contributed by atoms with Gasteiger partial charge < -0.3 is 4.74 Å². The Bertz CT molecular complexity index is 664. The van der Waals surface area contributed by atoms with Crippen molar-refractivity contribution in [1.82, 2.24) is 5.43 Å². The van der Waals surface area contributed by atoms with Gasteiger partial charge in [-0.2, -0.15) is 5.10 Å². The number of rotatable bonds is 6. The maximum absolute atomic E-state index is 11.9. The van der Waals surface area contributed by atoms with Gasteiger partial charge >= 0.3 is 0 Å². The van der Waals surface area contributed by atoms with Gasteiger partial charge in [-0.05, 0) is 60.0 Å². The molecule has 0 atom stereocenters. The number of benzene rings is 2. The van der Waals surface area contributed by atoms with Crippen LogP contribution in [0.5, 0.6) is 5.75 Å². The zero-order chi connectivity index (χ0) is 16.7. The Hall–Kier alpha value is -2.14. The summed E-state index contributed by atoms with van der Waals surface area (Å²) in [7, 11) is 0. The maximum Gasteiger partial charge on any atom is 0.271 e. The topological polar surface area (TPSA) is 50.7 Å². The number of amides is 1. The smallest absolute Gasteiger partial charge is 0.271 e. The molecule has 1 N–H and O–H groups in total. The lowest BCUT2D eigenvalue weighted by atomic mass is 10.2. The van der Waals surface area contributed by atoms with Crippen LogP contribution in [0.4, 0.5) is 0 Å². The largest absolute Gasteiger partial charge is 0.493 e. The van der Waals surface area contributed by atoms with Crippen LogP contribution in [0.3, 0.4) is 0 Å². The molecule has 0 fully saturated rings. The number of nitrogens with zero attached hydrogens (tertiary/aromatic N) is 1. The number of hydrogen-bond donors (Lipinski definition) is 1. The summed E-state index contributed by atoms with van der Waals surface area (Å²) in [5, 5.41) is 3.97. The van der Waals surface area contributed by atoms with Crippen LogP contribution in [0.2, 0.25) is 0 Å². The molecule has 2 rings (SSSR count). The Kier molecular flexibility index (Phi) is 6.35. The molecule has 0 saturated heterocycles. The Labute approximate surface area is 144 Å². The first kappa shape index (κ1) is 17.2. The summed E-state index contributed by atoms with van der Waals surface area (Å²) in [6, 6.07) is 14.7. The zero-order valence-electron chi connectivity index (χ0n) is 13.1. The van der Waals surface area contributed by atoms with Gasteiger partial charge in [-0.3, -0.25) is 4.79 Å². The normalized spacial score (nSPS) is 11.0. The lowest BCUT2D eigenvalue weighted by Gasteiger charge is -2.08. The fourth-order valence-electron chi connectivity index (χ4n) is 1.74. The molecule has 5 heteroatoms. The Balaban J connectivity index is 1.87. The summed E-state index contributed by atoms with van der Waals surface area (Å²) < 4.78 is 6.54. The van der Waals surface area contributed by atoms with Gasteiger partial charge in [0, 0.05) is 10.0 Å². The third kappa shape index (κ3) is 5.87. The van der Waals surface area contributed by atoms with E-state index in [-0.39, 0.29) is 5.91 Å². The molecule has 0 aliphatic heterocycles. The lowest BCUT2D eigenvalue weighted by Crippen LogP contribution is -2.17. The minimum atomic E-state index is -0.245. The van der Waals surface area contributed by atoms with Crippen molar-refractivity contribution >= 4 is 28.1 Å². The molecule has 0 aromatic heterocycles. The molecule has 23 heavy (non-hydrogen) atoms. The molecular formula is C18H19BrN2O2. The van der Waals surface area contributed by atoms with Crippen molar-refractivity contribution in [2.24, 2.45) is 11.0 Å². The van der Waals surface area contributed by atoms with Crippen molar-refractivity contribution in [3.8, 4) is 5.75 Å². The van der Waals surface area contributed by atoms with E-state index in [2.05, 4.69) is 40.3 Å². The summed E-state index contributed by atoms with van der Waals surface area (Å²) in [6.07, 6.45) is 1.60. The summed E-state index contributed by atoms with van der Waals surface area (Å²) in [5.41, 5.74) is 3.95. The third-order valence-corrected chi connectivity index (χ3v) is 3.48. The van der Waals surface area contributed by atoms with Crippen LogP contribution in [0.25, 0.3) is 0 Å². The van der Waals surface area contributed by atoms with E-state index in [1.54, 1.807) is 18.3 Å². The molecule has 0 saturated carbocycles. The highest BCUT2D eigenvalue weighted by atomic mass is 79.9. The first-order valence-electron chi connectivity index (χ1n) is 7.36. The molecular weight excluding hydrogens is 356 g/mol. The van der Waals surface area contributed by atoms with Crippen molar-refractivity contribution in [3.05, 3.63) is 64.1 Å². The van der Waals surface area contributed by atoms with Gasteiger partial charge in [0.15, 0.2) is 0 Å². The third-order valence-electron chi connectivity index (χ3n) is 2.95. The Morgan fingerprint density at radius 1 is 1.17 bits per heavy atom. The maximum atomic E-state index is 11.9. The van der Waals surface area contributed by atoms with Crippen LogP contribution < -0.4 is 10.2 Å². The fraction of sp³-hybridized carbons (Fsp3) is 0.222. The number of nitrogens with one attached hydrogen (secondary N) is 1. The predicted octanol–water partition coefficient (Wildman–Crippen LogP) is 4.25. The van der Waals surface area contributed by atoms with Crippen LogP contribution in [-0.4, -0.2) is 18.7 Å². The van der Waals surface area contributed by atoms with E-state index in [1.807, 2.05) is 36.4 Å². The van der Waals surface area contributed by atoms with Gasteiger partial charge in [-0.25, -0.2) is 5.43 Å². The van der Waals surface area contributed by atoms with Crippen LogP contribution in [-0.2, 0) is 0 Å². The Morgan fingerprint density at radius 2 is 1.83 bits per heavy atom. The fourth-order valence-corrected chi connectivity index (χ4v) is 2.01. The number of halogens is 1. The number of ether oxygens (including phenoxy) is 1. The van der Waals surface area contributed by atoms with E-state index in [9.17, 15) is 4.79 Å². The van der Waals surface area contributed by atoms with E-state index in [0.29, 0.717) is 18.1 Å². The van der Waals surface area contributed by atoms with Gasteiger partial charge in [0.25, 0.3) is 5.91 Å². The predicted molar refractivity (Wildman–Crippen MR) is 96.0 cm³/mol. The number of carbonyl (C=O) groups is 1. The number of hydrazone groups is 1. The van der Waals surface area contributed by atoms with Gasteiger partial charge in [0.1, 0.15) is 5.75 Å². The molecule has 4 nitrogen and oxygen atoms in total. The second-order valence-corrected chi connectivity index (χ2v) is 6.40. The molecule has 0 spiro atoms. The molecule has 0 unspecified atom stereocenters. The standard InChI is InChI=1S/C18H19BrN2O2/c1-13(2)12-23-17-9-3-14(4-10-17)11-20-21-18(22)15-5-7-16(19)8-6-15/h3-11,13H,12H2,1-2H3,(H,21,22)/b20-11-. The molecule has 0 heterocycles. The number of carbonyl (C=O) groups excluding carboxylic acids is 1. The molecule has 2 aromatic carbocycles. The first-order chi connectivity index (χ1) is 11.0. The van der Waals surface area contributed by atoms with Gasteiger partial charge in [0.05, 0.1) is 12.8 Å². The first-order valence-corrected chi connectivity index (χ1v) is 8.16. The second kappa shape index (κ2) is 8.48. The Morgan fingerprint density at radius 3 is 2.43 bits per heavy atom. The van der Waals surface area contributed by atoms with E-state index in [0.717, 1.165) is 15.8 Å². The SMILES string of the molecule is CC(C)COc1ccc(/C=N\NC(=O)c2ccc(Br)cc2)cc1. The minimum Gasteiger partial charge on any atom is -0.493 e. The average Bonchev–Trinajstić information content (AvgIpc) is 2.54. The van der Waals surface area contributed by atoms with Crippen molar-refractivity contribution < 1.29 is 9.53 Å². The van der Waals surface area contributed by atoms with Crippen LogP contribution in [0.15, 0.2) is 58.1 Å². The van der Waals surface area contributed by atoms with Crippen molar-refractivity contribution in [2.75, 3.05) is 6.61 Å². The zero-order valence-corrected chi connectivity index (χ0v) is 14.7. The highest BCUT2D eigenvalue weighted by molar-refractivity contribution is 9.10. The van der Waals surface area contributed by atoms with E-state index < -0.39 is 0 Å². The van der Waals surface area contributed by atoms with Gasteiger partial charge in [-0.1, -0.05) is 29.8 Å². The summed E-state index contributed by atoms with van der Waals surface area (Å²) in [4.78, 5) is 11.9. The lowest BCUT2D eigenvalue weighted by molar-refractivity contribution is 0.0955. The quantitative estimate of drug-likeness (QED) is 0.606. The molecule has 0 aliphatic rings. The van der Waals surface area contributed by atoms with E-state index in [1.165, 1.54) is 0 Å². The van der Waals surface area contributed by atoms with Crippen LogP contribution in [0.1, 0.15) is 29.8 Å². The van der Waals surface area contributed by atoms with Gasteiger partial charge in [0.2, 0.25) is 0 Å². The summed E-state index contributed by atoms with van der Waals surface area (Å²) in [6.45, 7) is 4.90. The van der Waals surface area contributed by atoms with Crippen LogP contribution in [0, 0.1) is 5.92 Å². The van der Waals surface area contributed by atoms with Crippen molar-refractivity contribution in [3.63, 3.8) is 0 Å². The number of hydrogen-bond acceptors (Lipinski definition) is 3. The molecule has 0 bridgehead atoms. The van der Waals surface area contributed by atoms with E-state index >= 15 is 0 Å². The summed E-state index contributed by atoms with van der Waals surface area (Å²) in [5.74, 6) is 1.07.